The minimum absolute atomic E-state index is 0. The third-order valence-electron chi connectivity index (χ3n) is 2.08. The Kier molecular flexibility index (Phi) is 13.2. The molecule has 11 heteroatoms. The van der Waals surface area contributed by atoms with Crippen LogP contribution >= 0.6 is 0 Å². The van der Waals surface area contributed by atoms with Crippen molar-refractivity contribution in [2.24, 2.45) is 21.7 Å². The molecule has 0 aliphatic carbocycles. The molecule has 0 fully saturated rings. The van der Waals surface area contributed by atoms with Crippen LogP contribution in [0, 0.1) is 0 Å². The number of rotatable bonds is 4. The predicted molar refractivity (Wildman–Crippen MR) is 106 cm³/mol. The molecule has 0 aromatic carbocycles. The molecule has 0 aliphatic rings. The van der Waals surface area contributed by atoms with Crippen molar-refractivity contribution in [3.05, 3.63) is 71.0 Å². The number of aromatic nitrogens is 2. The standard InChI is InChI=1S/2C7H8N4S.Zn/c2*8-7(12)11-10-5-6-3-1-2-4-9-6;/h2*1-5H,(H3,8,9,11,12);. The van der Waals surface area contributed by atoms with Gasteiger partial charge in [-0.05, 0) is 24.3 Å². The Labute approximate surface area is 169 Å². The van der Waals surface area contributed by atoms with Gasteiger partial charge in [-0.15, -0.1) is 0 Å². The van der Waals surface area contributed by atoms with E-state index in [1.54, 1.807) is 12.4 Å². The van der Waals surface area contributed by atoms with Gasteiger partial charge in [-0.1, -0.05) is 12.1 Å². The number of nitrogens with two attached hydrogens (primary N) is 2. The van der Waals surface area contributed by atoms with Gasteiger partial charge < -0.3 is 21.1 Å². The number of thiol groups is 2. The second kappa shape index (κ2) is 14.3. The van der Waals surface area contributed by atoms with Gasteiger partial charge in [-0.25, -0.2) is 0 Å². The summed E-state index contributed by atoms with van der Waals surface area (Å²) in [4.78, 5) is 7.98. The molecule has 0 unspecified atom stereocenters. The molecular weight excluding hydrogens is 410 g/mol. The van der Waals surface area contributed by atoms with Crippen molar-refractivity contribution < 1.29 is 19.5 Å². The number of nitrogens with zero attached hydrogens (tertiary/aromatic N) is 6. The van der Waals surface area contributed by atoms with Crippen molar-refractivity contribution in [3.8, 4) is 0 Å². The zero-order chi connectivity index (χ0) is 17.6. The Morgan fingerprint density at radius 2 is 1.24 bits per heavy atom. The summed E-state index contributed by atoms with van der Waals surface area (Å²) in [5, 5.41) is 7.53. The van der Waals surface area contributed by atoms with Crippen molar-refractivity contribution in [2.75, 3.05) is 0 Å². The van der Waals surface area contributed by atoms with E-state index in [0.29, 0.717) is 0 Å². The molecule has 0 radical (unpaired) electrons. The molecule has 0 bridgehead atoms. The summed E-state index contributed by atoms with van der Waals surface area (Å²) in [6.45, 7) is 0. The minimum Gasteiger partial charge on any atom is -0.515 e. The van der Waals surface area contributed by atoms with E-state index in [1.807, 2.05) is 36.4 Å². The van der Waals surface area contributed by atoms with E-state index in [1.165, 1.54) is 12.4 Å². The van der Waals surface area contributed by atoms with E-state index >= 15 is 0 Å². The molecule has 126 valence electrons. The number of hydrogen-bond acceptors (Lipinski definition) is 4. The van der Waals surface area contributed by atoms with E-state index in [-0.39, 0.29) is 29.7 Å². The molecule has 0 spiro atoms. The Morgan fingerprint density at radius 3 is 1.52 bits per heavy atom. The molecule has 0 amide bonds. The largest absolute Gasteiger partial charge is 0.515 e. The van der Waals surface area contributed by atoms with Crippen LogP contribution in [0.25, 0.3) is 10.9 Å². The van der Waals surface area contributed by atoms with Crippen molar-refractivity contribution in [1.82, 2.24) is 9.97 Å². The van der Waals surface area contributed by atoms with E-state index in [9.17, 15) is 0 Å². The van der Waals surface area contributed by atoms with Crippen LogP contribution in [0.4, 0.5) is 0 Å². The van der Waals surface area contributed by atoms with Crippen LogP contribution in [0.5, 0.6) is 0 Å². The first-order chi connectivity index (χ1) is 11.6. The fourth-order valence-electron chi connectivity index (χ4n) is 1.20. The van der Waals surface area contributed by atoms with Gasteiger partial charge in [0.05, 0.1) is 11.4 Å². The van der Waals surface area contributed by atoms with Crippen LogP contribution in [-0.4, -0.2) is 32.6 Å². The van der Waals surface area contributed by atoms with Crippen LogP contribution in [0.15, 0.2) is 59.0 Å². The van der Waals surface area contributed by atoms with Gasteiger partial charge in [-0.2, -0.15) is 0 Å². The van der Waals surface area contributed by atoms with E-state index < -0.39 is 0 Å². The van der Waals surface area contributed by atoms with Crippen molar-refractivity contribution in [3.63, 3.8) is 0 Å². The normalized spacial score (nSPS) is 9.68. The molecule has 2 aromatic rings. The van der Waals surface area contributed by atoms with Gasteiger partial charge in [0.2, 0.25) is 0 Å². The fraction of sp³-hybridized carbons (Fsp3) is 0. The summed E-state index contributed by atoms with van der Waals surface area (Å²) in [7, 11) is 0. The Bertz CT molecular complexity index is 633. The van der Waals surface area contributed by atoms with Gasteiger partial charge in [0, 0.05) is 44.3 Å². The first-order valence-corrected chi connectivity index (χ1v) is 7.40. The molecule has 4 N–H and O–H groups in total. The number of hydrogen-bond donors (Lipinski definition) is 2. The molecule has 0 atom stereocenters. The third-order valence-corrected chi connectivity index (χ3v) is 2.25. The second-order valence-electron chi connectivity index (χ2n) is 3.91. The molecule has 2 rings (SSSR count). The monoisotopic (exact) mass is 424 g/mol. The maximum Gasteiger partial charge on any atom is 0.183 e. The molecule has 2 heterocycles. The molecule has 0 aliphatic heterocycles. The summed E-state index contributed by atoms with van der Waals surface area (Å²) >= 11 is 7.48. The van der Waals surface area contributed by atoms with Crippen LogP contribution in [-0.2, 0) is 43.9 Å². The summed E-state index contributed by atoms with van der Waals surface area (Å²) in [6.07, 6.45) is 6.36. The first kappa shape index (κ1) is 23.0. The maximum absolute atomic E-state index is 5.14. The Morgan fingerprint density at radius 1 is 0.840 bits per heavy atom. The molecular formula is C14H16N8S2Zn. The first-order valence-electron chi connectivity index (χ1n) is 6.51. The average Bonchev–Trinajstić information content (AvgIpc) is 2.57. The molecule has 8 nitrogen and oxygen atoms in total. The van der Waals surface area contributed by atoms with Crippen LogP contribution in [0.1, 0.15) is 11.4 Å². The maximum atomic E-state index is 5.14. The van der Waals surface area contributed by atoms with Gasteiger partial charge in [0.1, 0.15) is 0 Å². The van der Waals surface area contributed by atoms with Crippen molar-refractivity contribution in [1.29, 1.82) is 0 Å². The SMILES string of the molecule is NC(=[SH+])[N-]N=Cc1ccccn1.NC(=[SH+])[N-]N=Cc1ccccn1.[Zn]. The minimum atomic E-state index is 0. The molecule has 25 heavy (non-hydrogen) atoms. The van der Waals surface area contributed by atoms with Crippen molar-refractivity contribution >= 4 is 47.1 Å². The predicted octanol–water partition coefficient (Wildman–Crippen LogP) is 0.227. The fourth-order valence-corrected chi connectivity index (χ4v) is 1.30. The Balaban J connectivity index is 0.000000443. The summed E-state index contributed by atoms with van der Waals surface area (Å²) in [6, 6.07) is 11.0. The quantitative estimate of drug-likeness (QED) is 0.181. The van der Waals surface area contributed by atoms with Gasteiger partial charge >= 0.3 is 0 Å². The molecule has 2 aromatic heterocycles. The number of pyridine rings is 2. The van der Waals surface area contributed by atoms with E-state index in [4.69, 9.17) is 11.5 Å². The Hall–Kier alpha value is -2.04. The van der Waals surface area contributed by atoms with Crippen molar-refractivity contribution in [2.45, 2.75) is 0 Å². The summed E-state index contributed by atoms with van der Waals surface area (Å²) < 4.78 is 0. The van der Waals surface area contributed by atoms with Crippen LogP contribution < -0.4 is 11.5 Å². The molecule has 0 saturated heterocycles. The zero-order valence-corrected chi connectivity index (χ0v) is 18.0. The van der Waals surface area contributed by atoms with E-state index in [0.717, 1.165) is 11.4 Å². The summed E-state index contributed by atoms with van der Waals surface area (Å²) in [5.74, 6) is 0. The summed E-state index contributed by atoms with van der Waals surface area (Å²) in [5.41, 5.74) is 18.8. The topological polar surface area (TPSA) is 131 Å². The third kappa shape index (κ3) is 13.0. The zero-order valence-electron chi connectivity index (χ0n) is 13.2. The average molecular weight is 426 g/mol. The van der Waals surface area contributed by atoms with Gasteiger partial charge in [0.25, 0.3) is 0 Å². The van der Waals surface area contributed by atoms with Gasteiger partial charge in [-0.3, -0.25) is 21.4 Å². The second-order valence-corrected chi connectivity index (χ2v) is 4.83. The molecule has 0 saturated carbocycles. The van der Waals surface area contributed by atoms with Crippen LogP contribution in [0.3, 0.4) is 0 Å². The van der Waals surface area contributed by atoms with E-state index in [2.05, 4.69) is 55.5 Å². The van der Waals surface area contributed by atoms with Gasteiger partial charge in [0.15, 0.2) is 34.7 Å². The van der Waals surface area contributed by atoms with Crippen LogP contribution in [0.2, 0.25) is 0 Å². The smallest absolute Gasteiger partial charge is 0.183 e.